The number of halogens is 1. The summed E-state index contributed by atoms with van der Waals surface area (Å²) in [6.07, 6.45) is 0. The number of benzene rings is 1. The van der Waals surface area contributed by atoms with Gasteiger partial charge in [0.05, 0.1) is 0 Å². The Balaban J connectivity index is 2.36. The molecule has 0 aliphatic rings. The highest BCUT2D eigenvalue weighted by Crippen LogP contribution is 2.23. The largest absolute Gasteiger partial charge is 0.365 e. The summed E-state index contributed by atoms with van der Waals surface area (Å²) in [6.45, 7) is 6.03. The Hall–Kier alpha value is -1.81. The average molecular weight is 292 g/mol. The van der Waals surface area contributed by atoms with Gasteiger partial charge < -0.3 is 9.88 Å². The van der Waals surface area contributed by atoms with Crippen molar-refractivity contribution in [2.45, 2.75) is 32.9 Å². The molecule has 2 rings (SSSR count). The smallest absolute Gasteiger partial charge is 0.276 e. The van der Waals surface area contributed by atoms with Gasteiger partial charge in [0.15, 0.2) is 0 Å². The first-order chi connectivity index (χ1) is 9.49. The van der Waals surface area contributed by atoms with Gasteiger partial charge in [-0.15, -0.1) is 0 Å². The van der Waals surface area contributed by atoms with Crippen molar-refractivity contribution in [2.24, 2.45) is 0 Å². The minimum atomic E-state index is -0.338. The molecule has 1 atom stereocenters. The highest BCUT2D eigenvalue weighted by Gasteiger charge is 2.13. The van der Waals surface area contributed by atoms with Crippen LogP contribution in [0.4, 0.5) is 5.82 Å². The SMILES string of the molecule is CC(Nc1cc(=O)nc(Cl)n1C(C)C)c1ccccc1. The predicted octanol–water partition coefficient (Wildman–Crippen LogP) is 3.65. The molecule has 1 aromatic heterocycles. The molecule has 0 aliphatic heterocycles. The number of nitrogens with one attached hydrogen (secondary N) is 1. The Morgan fingerprint density at radius 1 is 1.20 bits per heavy atom. The first kappa shape index (κ1) is 14.6. The molecule has 1 heterocycles. The molecule has 0 amide bonds. The molecule has 4 nitrogen and oxygen atoms in total. The van der Waals surface area contributed by atoms with Crippen molar-refractivity contribution in [3.63, 3.8) is 0 Å². The highest BCUT2D eigenvalue weighted by molar-refractivity contribution is 6.28. The van der Waals surface area contributed by atoms with Gasteiger partial charge in [0, 0.05) is 18.2 Å². The fourth-order valence-corrected chi connectivity index (χ4v) is 2.48. The molecule has 1 aromatic carbocycles. The molecular weight excluding hydrogens is 274 g/mol. The molecule has 0 saturated carbocycles. The third kappa shape index (κ3) is 3.20. The lowest BCUT2D eigenvalue weighted by Gasteiger charge is -2.22. The van der Waals surface area contributed by atoms with Crippen LogP contribution in [0.1, 0.15) is 38.4 Å². The fourth-order valence-electron chi connectivity index (χ4n) is 2.11. The molecule has 0 spiro atoms. The Kier molecular flexibility index (Phi) is 4.45. The quantitative estimate of drug-likeness (QED) is 0.875. The van der Waals surface area contributed by atoms with E-state index >= 15 is 0 Å². The van der Waals surface area contributed by atoms with Gasteiger partial charge in [0.2, 0.25) is 5.28 Å². The normalized spacial score (nSPS) is 12.4. The Labute approximate surface area is 123 Å². The molecule has 0 bridgehead atoms. The van der Waals surface area contributed by atoms with Gasteiger partial charge in [0.1, 0.15) is 5.82 Å². The standard InChI is InChI=1S/C15H18ClN3O/c1-10(2)19-13(9-14(20)18-15(19)16)17-11(3)12-7-5-4-6-8-12/h4-11,17H,1-3H3. The number of aromatic nitrogens is 2. The zero-order valence-electron chi connectivity index (χ0n) is 11.8. The van der Waals surface area contributed by atoms with Gasteiger partial charge in [-0.05, 0) is 37.9 Å². The number of rotatable bonds is 4. The molecule has 1 N–H and O–H groups in total. The van der Waals surface area contributed by atoms with Gasteiger partial charge in [-0.1, -0.05) is 30.3 Å². The minimum absolute atomic E-state index is 0.0686. The second kappa shape index (κ2) is 6.09. The van der Waals surface area contributed by atoms with Crippen LogP contribution in [0.3, 0.4) is 0 Å². The van der Waals surface area contributed by atoms with Crippen LogP contribution < -0.4 is 10.9 Å². The molecule has 20 heavy (non-hydrogen) atoms. The fraction of sp³-hybridized carbons (Fsp3) is 0.333. The van der Waals surface area contributed by atoms with Gasteiger partial charge in [0.25, 0.3) is 5.56 Å². The second-order valence-corrected chi connectivity index (χ2v) is 5.33. The summed E-state index contributed by atoms with van der Waals surface area (Å²) in [5.74, 6) is 0.682. The number of anilines is 1. The number of hydrogen-bond acceptors (Lipinski definition) is 3. The zero-order chi connectivity index (χ0) is 14.7. The van der Waals surface area contributed by atoms with Crippen molar-refractivity contribution in [3.8, 4) is 0 Å². The van der Waals surface area contributed by atoms with Gasteiger partial charge in [-0.25, -0.2) is 0 Å². The van der Waals surface area contributed by atoms with Gasteiger partial charge >= 0.3 is 0 Å². The second-order valence-electron chi connectivity index (χ2n) is 4.99. The summed E-state index contributed by atoms with van der Waals surface area (Å²) in [4.78, 5) is 15.3. The number of nitrogens with zero attached hydrogens (tertiary/aromatic N) is 2. The summed E-state index contributed by atoms with van der Waals surface area (Å²) < 4.78 is 1.81. The van der Waals surface area contributed by atoms with Crippen LogP contribution in [0.5, 0.6) is 0 Å². The van der Waals surface area contributed by atoms with Crippen molar-refractivity contribution >= 4 is 17.4 Å². The molecule has 0 radical (unpaired) electrons. The molecule has 5 heteroatoms. The molecule has 106 valence electrons. The van der Waals surface area contributed by atoms with E-state index in [1.54, 1.807) is 0 Å². The lowest BCUT2D eigenvalue weighted by Crippen LogP contribution is -2.20. The Bertz CT molecular complexity index is 637. The van der Waals surface area contributed by atoms with E-state index < -0.39 is 0 Å². The maximum absolute atomic E-state index is 11.6. The van der Waals surface area contributed by atoms with Crippen LogP contribution in [-0.4, -0.2) is 9.55 Å². The Morgan fingerprint density at radius 3 is 2.45 bits per heavy atom. The summed E-state index contributed by atoms with van der Waals surface area (Å²) in [5, 5.41) is 3.53. The van der Waals surface area contributed by atoms with Crippen LogP contribution in [0.15, 0.2) is 41.2 Å². The first-order valence-corrected chi connectivity index (χ1v) is 6.97. The van der Waals surface area contributed by atoms with E-state index in [-0.39, 0.29) is 22.9 Å². The summed E-state index contributed by atoms with van der Waals surface area (Å²) >= 11 is 6.07. The van der Waals surface area contributed by atoms with Crippen LogP contribution in [0, 0.1) is 0 Å². The molecular formula is C15H18ClN3O. The van der Waals surface area contributed by atoms with E-state index in [0.29, 0.717) is 5.82 Å². The topological polar surface area (TPSA) is 46.9 Å². The maximum Gasteiger partial charge on any atom is 0.276 e. The average Bonchev–Trinajstić information content (AvgIpc) is 2.38. The van der Waals surface area contributed by atoms with Crippen molar-refractivity contribution in [1.82, 2.24) is 9.55 Å². The first-order valence-electron chi connectivity index (χ1n) is 6.59. The summed E-state index contributed by atoms with van der Waals surface area (Å²) in [5.41, 5.74) is 0.804. The van der Waals surface area contributed by atoms with E-state index in [0.717, 1.165) is 5.56 Å². The van der Waals surface area contributed by atoms with Crippen LogP contribution in [0.2, 0.25) is 5.28 Å². The van der Waals surface area contributed by atoms with Gasteiger partial charge in [-0.2, -0.15) is 4.98 Å². The van der Waals surface area contributed by atoms with E-state index in [2.05, 4.69) is 10.3 Å². The molecule has 0 saturated heterocycles. The zero-order valence-corrected chi connectivity index (χ0v) is 12.6. The maximum atomic E-state index is 11.6. The van der Waals surface area contributed by atoms with E-state index in [9.17, 15) is 4.79 Å². The van der Waals surface area contributed by atoms with Crippen molar-refractivity contribution in [3.05, 3.63) is 57.6 Å². The third-order valence-electron chi connectivity index (χ3n) is 3.10. The third-order valence-corrected chi connectivity index (χ3v) is 3.37. The molecule has 1 unspecified atom stereocenters. The predicted molar refractivity (Wildman–Crippen MR) is 82.4 cm³/mol. The van der Waals surface area contributed by atoms with Crippen LogP contribution in [0.25, 0.3) is 0 Å². The van der Waals surface area contributed by atoms with Crippen LogP contribution in [-0.2, 0) is 0 Å². The van der Waals surface area contributed by atoms with Gasteiger partial charge in [-0.3, -0.25) is 4.79 Å². The molecule has 0 aliphatic carbocycles. The van der Waals surface area contributed by atoms with Crippen LogP contribution >= 0.6 is 11.6 Å². The summed E-state index contributed by atoms with van der Waals surface area (Å²) in [6, 6.07) is 11.7. The highest BCUT2D eigenvalue weighted by atomic mass is 35.5. The lowest BCUT2D eigenvalue weighted by atomic mass is 10.1. The Morgan fingerprint density at radius 2 is 1.85 bits per heavy atom. The molecule has 0 fully saturated rings. The molecule has 2 aromatic rings. The van der Waals surface area contributed by atoms with Crippen molar-refractivity contribution in [1.29, 1.82) is 0 Å². The van der Waals surface area contributed by atoms with Crippen molar-refractivity contribution < 1.29 is 0 Å². The van der Waals surface area contributed by atoms with Crippen molar-refractivity contribution in [2.75, 3.05) is 5.32 Å². The van der Waals surface area contributed by atoms with E-state index in [1.807, 2.05) is 55.7 Å². The lowest BCUT2D eigenvalue weighted by molar-refractivity contribution is 0.586. The minimum Gasteiger partial charge on any atom is -0.365 e. The summed E-state index contributed by atoms with van der Waals surface area (Å²) in [7, 11) is 0. The number of hydrogen-bond donors (Lipinski definition) is 1. The van der Waals surface area contributed by atoms with E-state index in [4.69, 9.17) is 11.6 Å². The van der Waals surface area contributed by atoms with E-state index in [1.165, 1.54) is 6.07 Å². The monoisotopic (exact) mass is 291 g/mol.